The molecule has 0 aliphatic heterocycles. The molecule has 0 aliphatic carbocycles. The number of halogens is 1. The van der Waals surface area contributed by atoms with Crippen molar-refractivity contribution in [2.75, 3.05) is 0 Å². The lowest BCUT2D eigenvalue weighted by molar-refractivity contribution is 1.09. The number of pyridine rings is 1. The van der Waals surface area contributed by atoms with E-state index in [0.29, 0.717) is 0 Å². The lowest BCUT2D eigenvalue weighted by atomic mass is 10.1. The Labute approximate surface area is 131 Å². The van der Waals surface area contributed by atoms with E-state index in [1.807, 2.05) is 12.1 Å². The Bertz CT molecular complexity index is 940. The summed E-state index contributed by atoms with van der Waals surface area (Å²) in [6, 6.07) is 21.0. The lowest BCUT2D eigenvalue weighted by Gasteiger charge is -2.02. The normalized spacial score (nSPS) is 11.3. The quantitative estimate of drug-likeness (QED) is 0.544. The van der Waals surface area contributed by atoms with E-state index in [-0.39, 0.29) is 0 Å². The summed E-state index contributed by atoms with van der Waals surface area (Å²) in [6.45, 7) is 0. The molecule has 0 radical (unpaired) electrons. The highest BCUT2D eigenvalue weighted by Gasteiger charge is 2.06. The maximum absolute atomic E-state index is 4.77. The fourth-order valence-corrected chi connectivity index (χ4v) is 3.17. The van der Waals surface area contributed by atoms with Crippen LogP contribution in [-0.2, 0) is 6.42 Å². The largest absolute Gasteiger partial charge is 0.339 e. The average Bonchev–Trinajstić information content (AvgIpc) is 2.85. The highest BCUT2D eigenvalue weighted by molar-refractivity contribution is 9.10. The Balaban J connectivity index is 1.78. The molecule has 4 aromatic rings. The maximum atomic E-state index is 4.77. The number of benzene rings is 2. The molecule has 0 aliphatic rings. The Morgan fingerprint density at radius 3 is 2.71 bits per heavy atom. The summed E-state index contributed by atoms with van der Waals surface area (Å²) in [4.78, 5) is 8.16. The fourth-order valence-electron chi connectivity index (χ4n) is 2.72. The topological polar surface area (TPSA) is 28.7 Å². The molecular weight excluding hydrogens is 324 g/mol. The molecule has 102 valence electrons. The van der Waals surface area contributed by atoms with E-state index in [1.54, 1.807) is 0 Å². The molecule has 0 saturated heterocycles. The van der Waals surface area contributed by atoms with E-state index in [1.165, 1.54) is 16.3 Å². The smallest absolute Gasteiger partial charge is 0.138 e. The van der Waals surface area contributed by atoms with Gasteiger partial charge in [0.1, 0.15) is 5.65 Å². The van der Waals surface area contributed by atoms with Crippen molar-refractivity contribution in [2.45, 2.75) is 6.42 Å². The van der Waals surface area contributed by atoms with Crippen LogP contribution in [0.2, 0.25) is 0 Å². The van der Waals surface area contributed by atoms with E-state index >= 15 is 0 Å². The summed E-state index contributed by atoms with van der Waals surface area (Å²) in [6.07, 6.45) is 0.838. The Morgan fingerprint density at radius 2 is 1.81 bits per heavy atom. The van der Waals surface area contributed by atoms with Crippen molar-refractivity contribution in [3.05, 3.63) is 76.4 Å². The van der Waals surface area contributed by atoms with Crippen molar-refractivity contribution in [1.82, 2.24) is 9.97 Å². The van der Waals surface area contributed by atoms with E-state index in [2.05, 4.69) is 69.4 Å². The second kappa shape index (κ2) is 5.01. The van der Waals surface area contributed by atoms with Crippen molar-refractivity contribution >= 4 is 37.9 Å². The average molecular weight is 337 g/mol. The third-order valence-electron chi connectivity index (χ3n) is 3.70. The van der Waals surface area contributed by atoms with Gasteiger partial charge in [0.25, 0.3) is 0 Å². The van der Waals surface area contributed by atoms with Crippen LogP contribution in [0.1, 0.15) is 11.3 Å². The highest BCUT2D eigenvalue weighted by atomic mass is 79.9. The minimum atomic E-state index is 0.838. The lowest BCUT2D eigenvalue weighted by Crippen LogP contribution is -1.92. The number of rotatable bonds is 2. The minimum absolute atomic E-state index is 0.838. The Kier molecular flexibility index (Phi) is 3.00. The second-order valence-electron chi connectivity index (χ2n) is 5.18. The van der Waals surface area contributed by atoms with Gasteiger partial charge in [0.2, 0.25) is 0 Å². The molecule has 3 heteroatoms. The van der Waals surface area contributed by atoms with Gasteiger partial charge in [-0.3, -0.25) is 0 Å². The van der Waals surface area contributed by atoms with Gasteiger partial charge >= 0.3 is 0 Å². The first-order valence-corrected chi connectivity index (χ1v) is 7.70. The van der Waals surface area contributed by atoms with Crippen LogP contribution in [0.3, 0.4) is 0 Å². The van der Waals surface area contributed by atoms with Crippen LogP contribution in [0, 0.1) is 0 Å². The Morgan fingerprint density at radius 1 is 0.905 bits per heavy atom. The first-order chi connectivity index (χ1) is 10.3. The first-order valence-electron chi connectivity index (χ1n) is 6.90. The monoisotopic (exact) mass is 336 g/mol. The van der Waals surface area contributed by atoms with Crippen LogP contribution >= 0.6 is 15.9 Å². The van der Waals surface area contributed by atoms with Gasteiger partial charge in [-0.1, -0.05) is 46.3 Å². The second-order valence-corrected chi connectivity index (χ2v) is 6.09. The standard InChI is InChI=1S/C18H13BrN2/c19-13-5-3-4-12(10-13)11-14-8-9-16-15-6-1-2-7-17(15)21-18(16)20-14/h1-10H,11H2,(H,20,21). The molecule has 21 heavy (non-hydrogen) atoms. The molecule has 2 heterocycles. The van der Waals surface area contributed by atoms with Gasteiger partial charge in [-0.05, 0) is 35.9 Å². The predicted molar refractivity (Wildman–Crippen MR) is 90.5 cm³/mol. The number of para-hydroxylation sites is 1. The summed E-state index contributed by atoms with van der Waals surface area (Å²) in [5.41, 5.74) is 4.43. The molecule has 0 saturated carbocycles. The van der Waals surface area contributed by atoms with Crippen LogP contribution in [0.4, 0.5) is 0 Å². The zero-order valence-corrected chi connectivity index (χ0v) is 12.9. The molecule has 0 fully saturated rings. The zero-order chi connectivity index (χ0) is 14.2. The SMILES string of the molecule is Brc1cccc(Cc2ccc3c(n2)[nH]c2ccccc23)c1. The first kappa shape index (κ1) is 12.6. The number of aromatic amines is 1. The van der Waals surface area contributed by atoms with E-state index in [9.17, 15) is 0 Å². The fraction of sp³-hybridized carbons (Fsp3) is 0.0556. The third kappa shape index (κ3) is 2.34. The molecular formula is C18H13BrN2. The van der Waals surface area contributed by atoms with Crippen LogP contribution < -0.4 is 0 Å². The maximum Gasteiger partial charge on any atom is 0.138 e. The molecule has 2 aromatic carbocycles. The van der Waals surface area contributed by atoms with E-state index in [4.69, 9.17) is 4.98 Å². The van der Waals surface area contributed by atoms with Gasteiger partial charge in [0.15, 0.2) is 0 Å². The van der Waals surface area contributed by atoms with Crippen LogP contribution in [0.5, 0.6) is 0 Å². The van der Waals surface area contributed by atoms with Gasteiger partial charge in [0.05, 0.1) is 0 Å². The Hall–Kier alpha value is -2.13. The summed E-state index contributed by atoms with van der Waals surface area (Å²) in [7, 11) is 0. The molecule has 1 N–H and O–H groups in total. The number of hydrogen-bond donors (Lipinski definition) is 1. The molecule has 2 aromatic heterocycles. The van der Waals surface area contributed by atoms with Crippen LogP contribution in [0.15, 0.2) is 65.1 Å². The number of nitrogens with one attached hydrogen (secondary N) is 1. The minimum Gasteiger partial charge on any atom is -0.339 e. The molecule has 0 bridgehead atoms. The van der Waals surface area contributed by atoms with Crippen molar-refractivity contribution in [3.8, 4) is 0 Å². The number of aromatic nitrogens is 2. The number of fused-ring (bicyclic) bond motifs is 3. The van der Waals surface area contributed by atoms with Crippen LogP contribution in [0.25, 0.3) is 21.9 Å². The summed E-state index contributed by atoms with van der Waals surface area (Å²) in [5, 5.41) is 2.41. The summed E-state index contributed by atoms with van der Waals surface area (Å²) >= 11 is 3.51. The number of H-pyrrole nitrogens is 1. The molecule has 0 unspecified atom stereocenters. The van der Waals surface area contributed by atoms with Crippen molar-refractivity contribution < 1.29 is 0 Å². The van der Waals surface area contributed by atoms with Crippen molar-refractivity contribution in [2.24, 2.45) is 0 Å². The van der Waals surface area contributed by atoms with Gasteiger partial charge in [0, 0.05) is 32.9 Å². The van der Waals surface area contributed by atoms with E-state index < -0.39 is 0 Å². The van der Waals surface area contributed by atoms with E-state index in [0.717, 1.165) is 27.8 Å². The summed E-state index contributed by atoms with van der Waals surface area (Å²) < 4.78 is 1.10. The highest BCUT2D eigenvalue weighted by Crippen LogP contribution is 2.24. The molecule has 0 spiro atoms. The van der Waals surface area contributed by atoms with Crippen molar-refractivity contribution in [3.63, 3.8) is 0 Å². The molecule has 4 rings (SSSR count). The number of nitrogens with zero attached hydrogens (tertiary/aromatic N) is 1. The van der Waals surface area contributed by atoms with Crippen LogP contribution in [-0.4, -0.2) is 9.97 Å². The zero-order valence-electron chi connectivity index (χ0n) is 11.3. The predicted octanol–water partition coefficient (Wildman–Crippen LogP) is 5.07. The molecule has 0 amide bonds. The summed E-state index contributed by atoms with van der Waals surface area (Å²) in [5.74, 6) is 0. The van der Waals surface area contributed by atoms with Gasteiger partial charge in [-0.15, -0.1) is 0 Å². The molecule has 2 nitrogen and oxygen atoms in total. The van der Waals surface area contributed by atoms with Gasteiger partial charge < -0.3 is 4.98 Å². The number of hydrogen-bond acceptors (Lipinski definition) is 1. The van der Waals surface area contributed by atoms with Gasteiger partial charge in [-0.2, -0.15) is 0 Å². The third-order valence-corrected chi connectivity index (χ3v) is 4.19. The van der Waals surface area contributed by atoms with Crippen molar-refractivity contribution in [1.29, 1.82) is 0 Å². The molecule has 0 atom stereocenters. The van der Waals surface area contributed by atoms with Gasteiger partial charge in [-0.25, -0.2) is 4.98 Å².